The summed E-state index contributed by atoms with van der Waals surface area (Å²) in [5.41, 5.74) is 2.02. The van der Waals surface area contributed by atoms with E-state index in [9.17, 15) is 0 Å². The third-order valence-electron chi connectivity index (χ3n) is 2.75. The zero-order valence-corrected chi connectivity index (χ0v) is 12.5. The van der Waals surface area contributed by atoms with Gasteiger partial charge in [0.05, 0.1) is 6.20 Å². The van der Waals surface area contributed by atoms with Crippen molar-refractivity contribution in [1.29, 1.82) is 0 Å². The van der Waals surface area contributed by atoms with E-state index in [-0.39, 0.29) is 5.54 Å². The maximum absolute atomic E-state index is 5.91. The Balaban J connectivity index is 2.20. The molecule has 0 aliphatic heterocycles. The molecule has 106 valence electrons. The van der Waals surface area contributed by atoms with Crippen LogP contribution in [0.15, 0.2) is 36.8 Å². The fourth-order valence-corrected chi connectivity index (χ4v) is 1.69. The number of aromatic nitrogens is 2. The van der Waals surface area contributed by atoms with Gasteiger partial charge in [0.1, 0.15) is 11.5 Å². The molecule has 0 aliphatic rings. The molecule has 0 fully saturated rings. The van der Waals surface area contributed by atoms with E-state index in [2.05, 4.69) is 36.1 Å². The van der Waals surface area contributed by atoms with Gasteiger partial charge in [-0.3, -0.25) is 9.97 Å². The molecule has 2 aromatic rings. The van der Waals surface area contributed by atoms with Crippen LogP contribution >= 0.6 is 0 Å². The van der Waals surface area contributed by atoms with Crippen LogP contribution in [-0.4, -0.2) is 15.5 Å². The summed E-state index contributed by atoms with van der Waals surface area (Å²) in [5, 5.41) is 3.45. The molecule has 0 unspecified atom stereocenters. The molecule has 0 radical (unpaired) electrons. The summed E-state index contributed by atoms with van der Waals surface area (Å²) in [7, 11) is 0. The Morgan fingerprint density at radius 2 is 2.05 bits per heavy atom. The van der Waals surface area contributed by atoms with Crippen LogP contribution in [0.5, 0.6) is 11.5 Å². The maximum Gasteiger partial charge on any atom is 0.145 e. The Hall–Kier alpha value is -1.94. The van der Waals surface area contributed by atoms with Gasteiger partial charge in [-0.1, -0.05) is 0 Å². The Bertz CT molecular complexity index is 562. The smallest absolute Gasteiger partial charge is 0.145 e. The zero-order valence-electron chi connectivity index (χ0n) is 12.5. The molecule has 0 spiro atoms. The maximum atomic E-state index is 5.91. The highest BCUT2D eigenvalue weighted by atomic mass is 16.5. The van der Waals surface area contributed by atoms with Crippen LogP contribution in [0.25, 0.3) is 0 Å². The van der Waals surface area contributed by atoms with Crippen LogP contribution in [0.2, 0.25) is 0 Å². The van der Waals surface area contributed by atoms with Gasteiger partial charge in [0.15, 0.2) is 0 Å². The van der Waals surface area contributed by atoms with Gasteiger partial charge in [-0.2, -0.15) is 0 Å². The highest BCUT2D eigenvalue weighted by Gasteiger charge is 2.12. The lowest BCUT2D eigenvalue weighted by Gasteiger charge is -2.21. The van der Waals surface area contributed by atoms with Crippen LogP contribution in [0.4, 0.5) is 0 Å². The zero-order chi connectivity index (χ0) is 14.6. The molecule has 2 aromatic heterocycles. The van der Waals surface area contributed by atoms with Crippen molar-refractivity contribution in [2.75, 3.05) is 0 Å². The number of nitrogens with one attached hydrogen (secondary N) is 1. The first-order valence-corrected chi connectivity index (χ1v) is 6.72. The second kappa shape index (κ2) is 6.01. The lowest BCUT2D eigenvalue weighted by molar-refractivity contribution is 0.413. The standard InChI is InChI=1S/C16H21N3O/c1-12-8-15(20-14-6-5-7-17-11-14)13(9-18-12)10-19-16(2,3)4/h5-9,11,19H,10H2,1-4H3. The van der Waals surface area contributed by atoms with Crippen LogP contribution in [0.1, 0.15) is 32.0 Å². The average Bonchev–Trinajstić information content (AvgIpc) is 2.38. The van der Waals surface area contributed by atoms with Crippen molar-refractivity contribution in [2.45, 2.75) is 39.8 Å². The third-order valence-corrected chi connectivity index (χ3v) is 2.75. The summed E-state index contributed by atoms with van der Waals surface area (Å²) in [5.74, 6) is 1.55. The molecule has 2 heterocycles. The molecule has 1 N–H and O–H groups in total. The second-order valence-electron chi connectivity index (χ2n) is 5.83. The van der Waals surface area contributed by atoms with Gasteiger partial charge in [0.2, 0.25) is 0 Å². The van der Waals surface area contributed by atoms with E-state index in [1.165, 1.54) is 0 Å². The van der Waals surface area contributed by atoms with Crippen LogP contribution in [0.3, 0.4) is 0 Å². The van der Waals surface area contributed by atoms with Crippen molar-refractivity contribution in [1.82, 2.24) is 15.3 Å². The lowest BCUT2D eigenvalue weighted by atomic mass is 10.1. The topological polar surface area (TPSA) is 47.0 Å². The number of hydrogen-bond donors (Lipinski definition) is 1. The van der Waals surface area contributed by atoms with Crippen molar-refractivity contribution in [3.63, 3.8) is 0 Å². The molecule has 0 bridgehead atoms. The molecule has 0 atom stereocenters. The molecule has 2 rings (SSSR count). The molecule has 0 aliphatic carbocycles. The minimum atomic E-state index is 0.0520. The molecule has 20 heavy (non-hydrogen) atoms. The Morgan fingerprint density at radius 3 is 2.70 bits per heavy atom. The van der Waals surface area contributed by atoms with E-state index in [0.717, 1.165) is 22.8 Å². The summed E-state index contributed by atoms with van der Waals surface area (Å²) in [6, 6.07) is 5.70. The predicted octanol–water partition coefficient (Wildman–Crippen LogP) is 3.47. The molecule has 0 saturated heterocycles. The minimum Gasteiger partial charge on any atom is -0.455 e. The number of ether oxygens (including phenoxy) is 1. The normalized spacial score (nSPS) is 11.4. The molecule has 4 heteroatoms. The van der Waals surface area contributed by atoms with Crippen molar-refractivity contribution >= 4 is 0 Å². The van der Waals surface area contributed by atoms with E-state index in [1.54, 1.807) is 12.4 Å². The highest BCUT2D eigenvalue weighted by Crippen LogP contribution is 2.25. The van der Waals surface area contributed by atoms with Gasteiger partial charge in [-0.25, -0.2) is 0 Å². The molecular formula is C16H21N3O. The van der Waals surface area contributed by atoms with Gasteiger partial charge < -0.3 is 10.1 Å². The predicted molar refractivity (Wildman–Crippen MR) is 79.9 cm³/mol. The quantitative estimate of drug-likeness (QED) is 0.925. The number of aryl methyl sites for hydroxylation is 1. The van der Waals surface area contributed by atoms with Crippen molar-refractivity contribution in [3.05, 3.63) is 48.0 Å². The summed E-state index contributed by atoms with van der Waals surface area (Å²) in [6.07, 6.45) is 5.29. The van der Waals surface area contributed by atoms with Crippen LogP contribution in [0, 0.1) is 6.92 Å². The fourth-order valence-electron chi connectivity index (χ4n) is 1.69. The average molecular weight is 271 g/mol. The lowest BCUT2D eigenvalue weighted by Crippen LogP contribution is -2.35. The first-order chi connectivity index (χ1) is 9.44. The Morgan fingerprint density at radius 1 is 1.25 bits per heavy atom. The van der Waals surface area contributed by atoms with Crippen molar-refractivity contribution < 1.29 is 4.74 Å². The van der Waals surface area contributed by atoms with Crippen LogP contribution < -0.4 is 10.1 Å². The van der Waals surface area contributed by atoms with E-state index in [0.29, 0.717) is 6.54 Å². The first-order valence-electron chi connectivity index (χ1n) is 6.72. The summed E-state index contributed by atoms with van der Waals surface area (Å²) in [4.78, 5) is 8.41. The van der Waals surface area contributed by atoms with Gasteiger partial charge in [0.25, 0.3) is 0 Å². The molecular weight excluding hydrogens is 250 g/mol. The van der Waals surface area contributed by atoms with Crippen molar-refractivity contribution in [2.24, 2.45) is 0 Å². The molecule has 0 amide bonds. The van der Waals surface area contributed by atoms with Gasteiger partial charge in [-0.05, 0) is 39.8 Å². The SMILES string of the molecule is Cc1cc(Oc2cccnc2)c(CNC(C)(C)C)cn1. The number of rotatable bonds is 4. The monoisotopic (exact) mass is 271 g/mol. The largest absolute Gasteiger partial charge is 0.455 e. The minimum absolute atomic E-state index is 0.0520. The van der Waals surface area contributed by atoms with Gasteiger partial charge in [0, 0.05) is 41.8 Å². The first kappa shape index (κ1) is 14.5. The number of pyridine rings is 2. The van der Waals surface area contributed by atoms with Crippen LogP contribution in [-0.2, 0) is 6.54 Å². The second-order valence-corrected chi connectivity index (χ2v) is 5.83. The van der Waals surface area contributed by atoms with E-state index in [4.69, 9.17) is 4.74 Å². The molecule has 4 nitrogen and oxygen atoms in total. The van der Waals surface area contributed by atoms with Gasteiger partial charge >= 0.3 is 0 Å². The molecule has 0 saturated carbocycles. The van der Waals surface area contributed by atoms with Crippen molar-refractivity contribution in [3.8, 4) is 11.5 Å². The Labute approximate surface area is 120 Å². The number of nitrogens with zero attached hydrogens (tertiary/aromatic N) is 2. The summed E-state index contributed by atoms with van der Waals surface area (Å²) < 4.78 is 5.91. The Kier molecular flexibility index (Phi) is 4.35. The fraction of sp³-hybridized carbons (Fsp3) is 0.375. The van der Waals surface area contributed by atoms with Gasteiger partial charge in [-0.15, -0.1) is 0 Å². The number of hydrogen-bond acceptors (Lipinski definition) is 4. The van der Waals surface area contributed by atoms with E-state index >= 15 is 0 Å². The molecule has 0 aromatic carbocycles. The van der Waals surface area contributed by atoms with E-state index < -0.39 is 0 Å². The highest BCUT2D eigenvalue weighted by molar-refractivity contribution is 5.36. The third kappa shape index (κ3) is 4.31. The van der Waals surface area contributed by atoms with E-state index in [1.807, 2.05) is 31.3 Å². The summed E-state index contributed by atoms with van der Waals surface area (Å²) in [6.45, 7) is 9.08. The summed E-state index contributed by atoms with van der Waals surface area (Å²) >= 11 is 0.